The van der Waals surface area contributed by atoms with E-state index < -0.39 is 0 Å². The van der Waals surface area contributed by atoms with Crippen molar-refractivity contribution >= 4 is 0 Å². The highest BCUT2D eigenvalue weighted by atomic mass is 16.3. The van der Waals surface area contributed by atoms with Gasteiger partial charge in [-0.3, -0.25) is 9.80 Å². The number of benzene rings is 1. The Morgan fingerprint density at radius 1 is 1.22 bits per heavy atom. The van der Waals surface area contributed by atoms with Crippen LogP contribution in [0, 0.1) is 19.8 Å². The summed E-state index contributed by atoms with van der Waals surface area (Å²) in [5, 5.41) is 14.0. The summed E-state index contributed by atoms with van der Waals surface area (Å²) >= 11 is 0. The van der Waals surface area contributed by atoms with Crippen LogP contribution in [0.4, 0.5) is 0 Å². The van der Waals surface area contributed by atoms with E-state index in [1.54, 1.807) is 0 Å². The summed E-state index contributed by atoms with van der Waals surface area (Å²) in [5.41, 5.74) is 5.12. The van der Waals surface area contributed by atoms with Gasteiger partial charge in [0.05, 0.1) is 5.69 Å². The van der Waals surface area contributed by atoms with Crippen molar-refractivity contribution in [3.8, 4) is 5.69 Å². The third-order valence-corrected chi connectivity index (χ3v) is 5.48. The first-order valence-electron chi connectivity index (χ1n) is 10.1. The van der Waals surface area contributed by atoms with Crippen molar-refractivity contribution in [3.05, 3.63) is 47.3 Å². The van der Waals surface area contributed by atoms with E-state index in [1.165, 1.54) is 22.4 Å². The number of rotatable bonds is 7. The highest BCUT2D eigenvalue weighted by molar-refractivity contribution is 5.48. The zero-order valence-corrected chi connectivity index (χ0v) is 17.2. The summed E-state index contributed by atoms with van der Waals surface area (Å²) in [7, 11) is 0. The van der Waals surface area contributed by atoms with E-state index in [2.05, 4.69) is 54.7 Å². The molecule has 3 rings (SSSR count). The number of aliphatic hydroxyl groups is 1. The van der Waals surface area contributed by atoms with Gasteiger partial charge in [0.25, 0.3) is 0 Å². The molecule has 1 atom stereocenters. The van der Waals surface area contributed by atoms with Crippen LogP contribution in [0.1, 0.15) is 37.0 Å². The highest BCUT2D eigenvalue weighted by Gasteiger charge is 2.27. The molecule has 1 N–H and O–H groups in total. The Kier molecular flexibility index (Phi) is 6.68. The van der Waals surface area contributed by atoms with Crippen LogP contribution in [0.25, 0.3) is 5.69 Å². The zero-order valence-electron chi connectivity index (χ0n) is 17.2. The van der Waals surface area contributed by atoms with Crippen molar-refractivity contribution in [1.29, 1.82) is 0 Å². The van der Waals surface area contributed by atoms with E-state index in [9.17, 15) is 5.11 Å². The minimum Gasteiger partial charge on any atom is -0.396 e. The van der Waals surface area contributed by atoms with Crippen LogP contribution in [0.15, 0.2) is 30.6 Å². The molecule has 0 spiro atoms. The van der Waals surface area contributed by atoms with Gasteiger partial charge in [0.15, 0.2) is 0 Å². The maximum absolute atomic E-state index is 9.53. The summed E-state index contributed by atoms with van der Waals surface area (Å²) in [6.45, 7) is 14.4. The van der Waals surface area contributed by atoms with Gasteiger partial charge in [-0.15, -0.1) is 0 Å². The first-order chi connectivity index (χ1) is 13.0. The molecule has 0 saturated carbocycles. The van der Waals surface area contributed by atoms with Crippen molar-refractivity contribution in [2.75, 3.05) is 32.8 Å². The molecule has 0 bridgehead atoms. The van der Waals surface area contributed by atoms with Gasteiger partial charge in [0.1, 0.15) is 0 Å². The van der Waals surface area contributed by atoms with E-state index in [0.29, 0.717) is 12.0 Å². The Bertz CT molecular complexity index is 726. The topological polar surface area (TPSA) is 44.5 Å². The predicted molar refractivity (Wildman–Crippen MR) is 110 cm³/mol. The van der Waals surface area contributed by atoms with E-state index in [0.717, 1.165) is 39.1 Å². The second-order valence-electron chi connectivity index (χ2n) is 8.32. The molecule has 0 aliphatic carbocycles. The molecule has 0 amide bonds. The molecule has 2 aromatic rings. The normalized spacial score (nSPS) is 19.1. The summed E-state index contributed by atoms with van der Waals surface area (Å²) < 4.78 is 1.98. The van der Waals surface area contributed by atoms with E-state index in [1.807, 2.05) is 23.1 Å². The Hall–Kier alpha value is -1.69. The molecule has 5 heteroatoms. The molecule has 148 valence electrons. The average molecular weight is 371 g/mol. The molecular weight excluding hydrogens is 336 g/mol. The number of hydrogen-bond acceptors (Lipinski definition) is 4. The lowest BCUT2D eigenvalue weighted by Crippen LogP contribution is -2.54. The minimum atomic E-state index is 0.259. The fraction of sp³-hybridized carbons (Fsp3) is 0.591. The number of nitrogens with zero attached hydrogens (tertiary/aromatic N) is 4. The third-order valence-electron chi connectivity index (χ3n) is 5.48. The van der Waals surface area contributed by atoms with Crippen LogP contribution in [-0.4, -0.2) is 63.5 Å². The van der Waals surface area contributed by atoms with Gasteiger partial charge in [-0.25, -0.2) is 4.68 Å². The van der Waals surface area contributed by atoms with Crippen molar-refractivity contribution in [2.45, 2.75) is 46.7 Å². The van der Waals surface area contributed by atoms with Crippen LogP contribution in [0.5, 0.6) is 0 Å². The van der Waals surface area contributed by atoms with Gasteiger partial charge in [-0.2, -0.15) is 5.10 Å². The Morgan fingerprint density at radius 3 is 2.70 bits per heavy atom. The molecule has 1 aromatic heterocycles. The van der Waals surface area contributed by atoms with Gasteiger partial charge in [-0.05, 0) is 55.0 Å². The molecule has 1 saturated heterocycles. The first kappa shape index (κ1) is 20.1. The van der Waals surface area contributed by atoms with Gasteiger partial charge >= 0.3 is 0 Å². The maximum Gasteiger partial charge on any atom is 0.0695 e. The molecule has 2 heterocycles. The number of aryl methyl sites for hydroxylation is 2. The van der Waals surface area contributed by atoms with Gasteiger partial charge < -0.3 is 5.11 Å². The van der Waals surface area contributed by atoms with E-state index >= 15 is 0 Å². The molecule has 1 aliphatic heterocycles. The Balaban J connectivity index is 1.79. The van der Waals surface area contributed by atoms with Crippen LogP contribution >= 0.6 is 0 Å². The van der Waals surface area contributed by atoms with Gasteiger partial charge in [-0.1, -0.05) is 19.9 Å². The first-order valence-corrected chi connectivity index (χ1v) is 10.1. The van der Waals surface area contributed by atoms with Crippen molar-refractivity contribution in [3.63, 3.8) is 0 Å². The number of aromatic nitrogens is 2. The SMILES string of the molecule is Cc1cc(C)c(CN2CCN(CC(C)C)[C@H](CCO)C2)c(-n2cccn2)c1. The summed E-state index contributed by atoms with van der Waals surface area (Å²) in [6.07, 6.45) is 4.71. The molecule has 0 unspecified atom stereocenters. The molecule has 1 fully saturated rings. The van der Waals surface area contributed by atoms with Crippen LogP contribution in [-0.2, 0) is 6.54 Å². The monoisotopic (exact) mass is 370 g/mol. The highest BCUT2D eigenvalue weighted by Crippen LogP contribution is 2.24. The lowest BCUT2D eigenvalue weighted by molar-refractivity contribution is 0.0476. The van der Waals surface area contributed by atoms with E-state index in [-0.39, 0.29) is 6.61 Å². The molecule has 1 aromatic carbocycles. The number of hydrogen-bond donors (Lipinski definition) is 1. The molecule has 1 aliphatic rings. The zero-order chi connectivity index (χ0) is 19.4. The standard InChI is InChI=1S/C22H34N4O/c1-17(2)14-25-10-9-24(15-20(25)6-11-27)16-21-19(4)12-18(3)13-22(21)26-8-5-7-23-26/h5,7-8,12-13,17,20,27H,6,9-11,14-16H2,1-4H3/t20-/m1/s1. The third kappa shape index (κ3) is 4.98. The Morgan fingerprint density at radius 2 is 2.04 bits per heavy atom. The largest absolute Gasteiger partial charge is 0.396 e. The van der Waals surface area contributed by atoms with Crippen LogP contribution in [0.3, 0.4) is 0 Å². The predicted octanol–water partition coefficient (Wildman–Crippen LogP) is 3.01. The van der Waals surface area contributed by atoms with E-state index in [4.69, 9.17) is 0 Å². The molecule has 5 nitrogen and oxygen atoms in total. The molecular formula is C22H34N4O. The van der Waals surface area contributed by atoms with Gasteiger partial charge in [0.2, 0.25) is 0 Å². The summed E-state index contributed by atoms with van der Waals surface area (Å²) in [6, 6.07) is 6.91. The smallest absolute Gasteiger partial charge is 0.0695 e. The minimum absolute atomic E-state index is 0.259. The Labute approximate surface area is 163 Å². The molecule has 27 heavy (non-hydrogen) atoms. The lowest BCUT2D eigenvalue weighted by atomic mass is 10.0. The maximum atomic E-state index is 9.53. The number of piperazine rings is 1. The summed E-state index contributed by atoms with van der Waals surface area (Å²) in [5.74, 6) is 0.656. The fourth-order valence-corrected chi connectivity index (χ4v) is 4.25. The van der Waals surface area contributed by atoms with Crippen LogP contribution in [0.2, 0.25) is 0 Å². The second-order valence-corrected chi connectivity index (χ2v) is 8.32. The molecule has 0 radical (unpaired) electrons. The quantitative estimate of drug-likeness (QED) is 0.814. The average Bonchev–Trinajstić information content (AvgIpc) is 3.13. The fourth-order valence-electron chi connectivity index (χ4n) is 4.25. The lowest BCUT2D eigenvalue weighted by Gasteiger charge is -2.42. The van der Waals surface area contributed by atoms with Crippen molar-refractivity contribution in [2.24, 2.45) is 5.92 Å². The van der Waals surface area contributed by atoms with Crippen molar-refractivity contribution in [1.82, 2.24) is 19.6 Å². The second kappa shape index (κ2) is 9.00. The summed E-state index contributed by atoms with van der Waals surface area (Å²) in [4.78, 5) is 5.11. The number of aliphatic hydroxyl groups excluding tert-OH is 1. The van der Waals surface area contributed by atoms with Crippen molar-refractivity contribution < 1.29 is 5.11 Å². The van der Waals surface area contributed by atoms with Gasteiger partial charge in [0, 0.05) is 57.8 Å². The van der Waals surface area contributed by atoms with Crippen LogP contribution < -0.4 is 0 Å².